The zero-order valence-corrected chi connectivity index (χ0v) is 10.3. The van der Waals surface area contributed by atoms with Gasteiger partial charge in [-0.1, -0.05) is 12.1 Å². The standard InChI is InChI=1S/C15H9F2N3/c16-13-6-10(7-18)4-5-14(13)20-9-12-3-1-2-11(8-19)15(12)17/h1-6,20H,9H2. The lowest BCUT2D eigenvalue weighted by molar-refractivity contribution is 0.607. The number of nitrogens with zero attached hydrogens (tertiary/aromatic N) is 2. The first-order valence-corrected chi connectivity index (χ1v) is 5.76. The summed E-state index contributed by atoms with van der Waals surface area (Å²) in [7, 11) is 0. The molecule has 0 bridgehead atoms. The Morgan fingerprint density at radius 3 is 2.50 bits per heavy atom. The predicted molar refractivity (Wildman–Crippen MR) is 69.6 cm³/mol. The summed E-state index contributed by atoms with van der Waals surface area (Å²) in [5.74, 6) is -1.20. The second-order valence-electron chi connectivity index (χ2n) is 4.05. The summed E-state index contributed by atoms with van der Waals surface area (Å²) < 4.78 is 27.4. The summed E-state index contributed by atoms with van der Waals surface area (Å²) in [6.07, 6.45) is 0. The summed E-state index contributed by atoms with van der Waals surface area (Å²) in [4.78, 5) is 0. The Balaban J connectivity index is 2.18. The minimum absolute atomic E-state index is 0.0458. The number of anilines is 1. The van der Waals surface area contributed by atoms with E-state index in [0.29, 0.717) is 0 Å². The molecule has 0 radical (unpaired) electrons. The first-order chi connectivity index (χ1) is 9.65. The Labute approximate surface area is 114 Å². The first kappa shape index (κ1) is 13.5. The van der Waals surface area contributed by atoms with E-state index < -0.39 is 11.6 Å². The van der Waals surface area contributed by atoms with Gasteiger partial charge in [0.2, 0.25) is 0 Å². The Hall–Kier alpha value is -2.92. The lowest BCUT2D eigenvalue weighted by atomic mass is 10.1. The SMILES string of the molecule is N#Cc1ccc(NCc2cccc(C#N)c2F)c(F)c1. The summed E-state index contributed by atoms with van der Waals surface area (Å²) in [6.45, 7) is 0.0458. The molecule has 0 heterocycles. The molecule has 98 valence electrons. The summed E-state index contributed by atoms with van der Waals surface area (Å²) in [6, 6.07) is 12.0. The number of rotatable bonds is 3. The Bertz CT molecular complexity index is 727. The van der Waals surface area contributed by atoms with Crippen molar-refractivity contribution in [1.29, 1.82) is 10.5 Å². The smallest absolute Gasteiger partial charge is 0.147 e. The maximum atomic E-state index is 13.8. The number of hydrogen-bond acceptors (Lipinski definition) is 3. The molecule has 5 heteroatoms. The molecule has 0 atom stereocenters. The summed E-state index contributed by atoms with van der Waals surface area (Å²) in [5, 5.41) is 20.1. The van der Waals surface area contributed by atoms with E-state index in [0.717, 1.165) is 6.07 Å². The molecule has 0 saturated carbocycles. The molecule has 0 aromatic heterocycles. The zero-order valence-electron chi connectivity index (χ0n) is 10.3. The molecule has 1 N–H and O–H groups in total. The quantitative estimate of drug-likeness (QED) is 0.929. The molecule has 0 aliphatic rings. The van der Waals surface area contributed by atoms with Crippen LogP contribution in [0.4, 0.5) is 14.5 Å². The predicted octanol–water partition coefficient (Wildman–Crippen LogP) is 3.32. The fourth-order valence-electron chi connectivity index (χ4n) is 1.72. The van der Waals surface area contributed by atoms with Crippen LogP contribution in [-0.2, 0) is 6.54 Å². The minimum atomic E-state index is -0.614. The average molecular weight is 269 g/mol. The third kappa shape index (κ3) is 2.73. The molecule has 0 aliphatic carbocycles. The highest BCUT2D eigenvalue weighted by molar-refractivity contribution is 5.49. The van der Waals surface area contributed by atoms with Gasteiger partial charge in [-0.05, 0) is 24.3 Å². The molecule has 2 aromatic carbocycles. The van der Waals surface area contributed by atoms with Crippen molar-refractivity contribution in [2.24, 2.45) is 0 Å². The van der Waals surface area contributed by atoms with Crippen molar-refractivity contribution in [3.63, 3.8) is 0 Å². The fraction of sp³-hybridized carbons (Fsp3) is 0.0667. The van der Waals surface area contributed by atoms with Gasteiger partial charge in [-0.15, -0.1) is 0 Å². The van der Waals surface area contributed by atoms with Crippen LogP contribution in [0.5, 0.6) is 0 Å². The molecule has 0 fully saturated rings. The highest BCUT2D eigenvalue weighted by Gasteiger charge is 2.08. The second kappa shape index (κ2) is 5.81. The van der Waals surface area contributed by atoms with Gasteiger partial charge in [0, 0.05) is 12.1 Å². The Morgan fingerprint density at radius 2 is 1.85 bits per heavy atom. The van der Waals surface area contributed by atoms with Gasteiger partial charge in [0.1, 0.15) is 17.7 Å². The lowest BCUT2D eigenvalue weighted by Gasteiger charge is -2.09. The van der Waals surface area contributed by atoms with E-state index >= 15 is 0 Å². The topological polar surface area (TPSA) is 59.6 Å². The molecule has 0 unspecified atom stereocenters. The van der Waals surface area contributed by atoms with E-state index in [1.807, 2.05) is 6.07 Å². The van der Waals surface area contributed by atoms with E-state index in [2.05, 4.69) is 5.32 Å². The number of nitrogens with one attached hydrogen (secondary N) is 1. The molecule has 0 amide bonds. The molecular weight excluding hydrogens is 260 g/mol. The Kier molecular flexibility index (Phi) is 3.93. The molecule has 0 spiro atoms. The second-order valence-corrected chi connectivity index (χ2v) is 4.05. The molecule has 3 nitrogen and oxygen atoms in total. The van der Waals surface area contributed by atoms with Crippen LogP contribution in [0.15, 0.2) is 36.4 Å². The van der Waals surface area contributed by atoms with Crippen LogP contribution in [0.3, 0.4) is 0 Å². The highest BCUT2D eigenvalue weighted by Crippen LogP contribution is 2.18. The molecule has 20 heavy (non-hydrogen) atoms. The van der Waals surface area contributed by atoms with Crippen molar-refractivity contribution in [1.82, 2.24) is 0 Å². The van der Waals surface area contributed by atoms with Gasteiger partial charge in [-0.3, -0.25) is 0 Å². The fourth-order valence-corrected chi connectivity index (χ4v) is 1.72. The molecule has 0 aliphatic heterocycles. The van der Waals surface area contributed by atoms with E-state index in [1.165, 1.54) is 24.3 Å². The van der Waals surface area contributed by atoms with Crippen molar-refractivity contribution in [3.05, 3.63) is 64.7 Å². The number of benzene rings is 2. The molecule has 0 saturated heterocycles. The van der Waals surface area contributed by atoms with E-state index in [9.17, 15) is 8.78 Å². The average Bonchev–Trinajstić information content (AvgIpc) is 2.47. The van der Waals surface area contributed by atoms with Gasteiger partial charge >= 0.3 is 0 Å². The number of halogens is 2. The van der Waals surface area contributed by atoms with Crippen LogP contribution in [0.1, 0.15) is 16.7 Å². The van der Waals surface area contributed by atoms with Crippen LogP contribution in [0.2, 0.25) is 0 Å². The maximum absolute atomic E-state index is 13.8. The monoisotopic (exact) mass is 269 g/mol. The largest absolute Gasteiger partial charge is 0.378 e. The van der Waals surface area contributed by atoms with Crippen molar-refractivity contribution in [2.75, 3.05) is 5.32 Å². The number of nitriles is 2. The van der Waals surface area contributed by atoms with Gasteiger partial charge in [0.15, 0.2) is 0 Å². The maximum Gasteiger partial charge on any atom is 0.147 e. The third-order valence-electron chi connectivity index (χ3n) is 2.77. The molecule has 2 aromatic rings. The van der Waals surface area contributed by atoms with E-state index in [1.54, 1.807) is 12.1 Å². The number of hydrogen-bond donors (Lipinski definition) is 1. The van der Waals surface area contributed by atoms with Gasteiger partial charge in [-0.2, -0.15) is 10.5 Å². The first-order valence-electron chi connectivity index (χ1n) is 5.76. The van der Waals surface area contributed by atoms with Gasteiger partial charge in [-0.25, -0.2) is 8.78 Å². The highest BCUT2D eigenvalue weighted by atomic mass is 19.1. The van der Waals surface area contributed by atoms with Crippen molar-refractivity contribution >= 4 is 5.69 Å². The summed E-state index contributed by atoms with van der Waals surface area (Å²) >= 11 is 0. The molecular formula is C15H9F2N3. The third-order valence-corrected chi connectivity index (χ3v) is 2.77. The minimum Gasteiger partial charge on any atom is -0.378 e. The van der Waals surface area contributed by atoms with Crippen LogP contribution >= 0.6 is 0 Å². The van der Waals surface area contributed by atoms with Crippen LogP contribution in [0, 0.1) is 34.3 Å². The van der Waals surface area contributed by atoms with Crippen LogP contribution in [0.25, 0.3) is 0 Å². The van der Waals surface area contributed by atoms with Crippen LogP contribution in [-0.4, -0.2) is 0 Å². The molecule has 2 rings (SSSR count). The Morgan fingerprint density at radius 1 is 1.05 bits per heavy atom. The summed E-state index contributed by atoms with van der Waals surface area (Å²) in [5.41, 5.74) is 0.605. The lowest BCUT2D eigenvalue weighted by Crippen LogP contribution is -2.04. The normalized spacial score (nSPS) is 9.60. The zero-order chi connectivity index (χ0) is 14.5. The van der Waals surface area contributed by atoms with Crippen molar-refractivity contribution in [2.45, 2.75) is 6.54 Å². The van der Waals surface area contributed by atoms with E-state index in [-0.39, 0.29) is 28.9 Å². The van der Waals surface area contributed by atoms with Crippen LogP contribution < -0.4 is 5.32 Å². The van der Waals surface area contributed by atoms with Crippen molar-refractivity contribution in [3.8, 4) is 12.1 Å². The van der Waals surface area contributed by atoms with Gasteiger partial charge in [0.25, 0.3) is 0 Å². The van der Waals surface area contributed by atoms with Gasteiger partial charge in [0.05, 0.1) is 22.9 Å². The van der Waals surface area contributed by atoms with E-state index in [4.69, 9.17) is 10.5 Å². The van der Waals surface area contributed by atoms with Crippen molar-refractivity contribution < 1.29 is 8.78 Å². The van der Waals surface area contributed by atoms with Gasteiger partial charge < -0.3 is 5.32 Å².